The third-order valence-electron chi connectivity index (χ3n) is 6.84. The molecule has 5 heteroatoms. The maximum absolute atomic E-state index is 12.8. The molecule has 0 saturated carbocycles. The van der Waals surface area contributed by atoms with Gasteiger partial charge in [0.25, 0.3) is 0 Å². The lowest BCUT2D eigenvalue weighted by Crippen LogP contribution is -2.40. The van der Waals surface area contributed by atoms with E-state index in [1.807, 2.05) is 37.3 Å². The molecule has 2 heterocycles. The molecular formula is C30H32N4O. The molecule has 2 amide bonds. The minimum atomic E-state index is -0.154. The molecule has 2 N–H and O–H groups in total. The molecule has 35 heavy (non-hydrogen) atoms. The SMILES string of the molecule is Cc1cc(NC(=O)N[C@@H]2CCN(CCC(c3ccccc3)c3ccccc3)C2)c2ccccc2n1. The van der Waals surface area contributed by atoms with Gasteiger partial charge >= 0.3 is 6.03 Å². The topological polar surface area (TPSA) is 57.3 Å². The van der Waals surface area contributed by atoms with Gasteiger partial charge in [-0.3, -0.25) is 4.98 Å². The fourth-order valence-corrected chi connectivity index (χ4v) is 5.12. The van der Waals surface area contributed by atoms with Crippen LogP contribution in [-0.2, 0) is 0 Å². The van der Waals surface area contributed by atoms with Gasteiger partial charge in [-0.15, -0.1) is 0 Å². The predicted molar refractivity (Wildman–Crippen MR) is 143 cm³/mol. The van der Waals surface area contributed by atoms with Gasteiger partial charge in [0.1, 0.15) is 0 Å². The van der Waals surface area contributed by atoms with Crippen LogP contribution in [0.2, 0.25) is 0 Å². The first kappa shape index (κ1) is 23.1. The Hall–Kier alpha value is -3.70. The van der Waals surface area contributed by atoms with E-state index in [0.717, 1.165) is 54.8 Å². The molecule has 1 aromatic heterocycles. The zero-order valence-electron chi connectivity index (χ0n) is 20.2. The van der Waals surface area contributed by atoms with Crippen LogP contribution in [-0.4, -0.2) is 41.6 Å². The number of aromatic nitrogens is 1. The average molecular weight is 465 g/mol. The number of hydrogen-bond donors (Lipinski definition) is 2. The molecule has 5 nitrogen and oxygen atoms in total. The van der Waals surface area contributed by atoms with Crippen molar-refractivity contribution in [2.24, 2.45) is 0 Å². The van der Waals surface area contributed by atoms with E-state index >= 15 is 0 Å². The van der Waals surface area contributed by atoms with E-state index < -0.39 is 0 Å². The van der Waals surface area contributed by atoms with E-state index in [1.165, 1.54) is 11.1 Å². The van der Waals surface area contributed by atoms with Crippen LogP contribution in [0.1, 0.15) is 35.6 Å². The van der Waals surface area contributed by atoms with Crippen molar-refractivity contribution in [1.29, 1.82) is 0 Å². The van der Waals surface area contributed by atoms with Gasteiger partial charge in [0.15, 0.2) is 0 Å². The molecule has 5 rings (SSSR count). The normalized spacial score (nSPS) is 16.0. The minimum absolute atomic E-state index is 0.149. The number of benzene rings is 3. The number of hydrogen-bond acceptors (Lipinski definition) is 3. The summed E-state index contributed by atoms with van der Waals surface area (Å²) >= 11 is 0. The van der Waals surface area contributed by atoms with Gasteiger partial charge in [0.05, 0.1) is 11.2 Å². The van der Waals surface area contributed by atoms with E-state index in [0.29, 0.717) is 5.92 Å². The van der Waals surface area contributed by atoms with Gasteiger partial charge in [0, 0.05) is 36.1 Å². The maximum Gasteiger partial charge on any atom is 0.319 e. The highest BCUT2D eigenvalue weighted by atomic mass is 16.2. The summed E-state index contributed by atoms with van der Waals surface area (Å²) in [7, 11) is 0. The van der Waals surface area contributed by atoms with Crippen molar-refractivity contribution in [3.05, 3.63) is 108 Å². The van der Waals surface area contributed by atoms with E-state index in [1.54, 1.807) is 0 Å². The standard InChI is InChI=1S/C30H32N4O/c1-22-20-29(27-14-8-9-15-28(27)31-22)33-30(35)32-25-16-18-34(21-25)19-17-26(23-10-4-2-5-11-23)24-12-6-3-7-13-24/h2-15,20,25-26H,16-19,21H2,1H3,(H2,31,32,33,35)/t25-/m1/s1. The Kier molecular flexibility index (Phi) is 7.05. The molecular weight excluding hydrogens is 432 g/mol. The second kappa shape index (κ2) is 10.7. The first-order valence-corrected chi connectivity index (χ1v) is 12.4. The number of urea groups is 1. The molecule has 1 fully saturated rings. The lowest BCUT2D eigenvalue weighted by Gasteiger charge is -2.22. The zero-order valence-corrected chi connectivity index (χ0v) is 20.2. The monoisotopic (exact) mass is 464 g/mol. The number of para-hydroxylation sites is 1. The quantitative estimate of drug-likeness (QED) is 0.355. The first-order chi connectivity index (χ1) is 17.2. The van der Waals surface area contributed by atoms with Crippen LogP contribution in [0.4, 0.5) is 10.5 Å². The number of carbonyl (C=O) groups is 1. The fraction of sp³-hybridized carbons (Fsp3) is 0.267. The third-order valence-corrected chi connectivity index (χ3v) is 6.84. The van der Waals surface area contributed by atoms with Crippen molar-refractivity contribution in [3.8, 4) is 0 Å². The lowest BCUT2D eigenvalue weighted by molar-refractivity contribution is 0.247. The summed E-state index contributed by atoms with van der Waals surface area (Å²) in [4.78, 5) is 19.8. The smallest absolute Gasteiger partial charge is 0.319 e. The molecule has 0 unspecified atom stereocenters. The molecule has 1 saturated heterocycles. The highest BCUT2D eigenvalue weighted by Crippen LogP contribution is 2.29. The van der Waals surface area contributed by atoms with Crippen molar-refractivity contribution in [2.75, 3.05) is 25.0 Å². The van der Waals surface area contributed by atoms with Gasteiger partial charge in [-0.2, -0.15) is 0 Å². The lowest BCUT2D eigenvalue weighted by atomic mass is 9.88. The number of likely N-dealkylation sites (tertiary alicyclic amines) is 1. The molecule has 0 radical (unpaired) electrons. The molecule has 0 aliphatic carbocycles. The van der Waals surface area contributed by atoms with Crippen molar-refractivity contribution in [2.45, 2.75) is 31.7 Å². The van der Waals surface area contributed by atoms with Crippen LogP contribution in [0.15, 0.2) is 91.0 Å². The Bertz CT molecular complexity index is 1240. The number of fused-ring (bicyclic) bond motifs is 1. The van der Waals surface area contributed by atoms with Crippen molar-refractivity contribution < 1.29 is 4.79 Å². The largest absolute Gasteiger partial charge is 0.334 e. The van der Waals surface area contributed by atoms with Crippen LogP contribution in [0.25, 0.3) is 10.9 Å². The minimum Gasteiger partial charge on any atom is -0.334 e. The number of carbonyl (C=O) groups excluding carboxylic acids is 1. The Morgan fingerprint density at radius 1 is 0.971 bits per heavy atom. The summed E-state index contributed by atoms with van der Waals surface area (Å²) in [6, 6.07) is 31.3. The molecule has 1 aliphatic rings. The average Bonchev–Trinajstić information content (AvgIpc) is 3.32. The molecule has 3 aromatic carbocycles. The Morgan fingerprint density at radius 2 is 1.63 bits per heavy atom. The number of nitrogens with one attached hydrogen (secondary N) is 2. The molecule has 4 aromatic rings. The Morgan fingerprint density at radius 3 is 2.34 bits per heavy atom. The zero-order chi connectivity index (χ0) is 24.0. The van der Waals surface area contributed by atoms with E-state index in [-0.39, 0.29) is 12.1 Å². The number of pyridine rings is 1. The van der Waals surface area contributed by atoms with E-state index in [9.17, 15) is 4.79 Å². The highest BCUT2D eigenvalue weighted by molar-refractivity contribution is 6.00. The number of rotatable bonds is 7. The van der Waals surface area contributed by atoms with Crippen molar-refractivity contribution in [3.63, 3.8) is 0 Å². The van der Waals surface area contributed by atoms with Crippen LogP contribution >= 0.6 is 0 Å². The number of aryl methyl sites for hydroxylation is 1. The molecule has 0 bridgehead atoms. The fourth-order valence-electron chi connectivity index (χ4n) is 5.12. The van der Waals surface area contributed by atoms with Crippen molar-refractivity contribution in [1.82, 2.24) is 15.2 Å². The van der Waals surface area contributed by atoms with Crippen molar-refractivity contribution >= 4 is 22.6 Å². The second-order valence-electron chi connectivity index (χ2n) is 9.38. The second-order valence-corrected chi connectivity index (χ2v) is 9.38. The van der Waals surface area contributed by atoms with Crippen LogP contribution in [0.5, 0.6) is 0 Å². The maximum atomic E-state index is 12.8. The molecule has 178 valence electrons. The number of nitrogens with zero attached hydrogens (tertiary/aromatic N) is 2. The summed E-state index contributed by atoms with van der Waals surface area (Å²) in [5.74, 6) is 0.371. The van der Waals surface area contributed by atoms with E-state index in [2.05, 4.69) is 81.2 Å². The van der Waals surface area contributed by atoms with Crippen LogP contribution < -0.4 is 10.6 Å². The van der Waals surface area contributed by atoms with Crippen LogP contribution in [0.3, 0.4) is 0 Å². The predicted octanol–water partition coefficient (Wildman–Crippen LogP) is 5.96. The highest BCUT2D eigenvalue weighted by Gasteiger charge is 2.25. The molecule has 1 aliphatic heterocycles. The Labute approximate surface area is 207 Å². The summed E-state index contributed by atoms with van der Waals surface area (Å²) in [6.45, 7) is 4.82. The molecule has 0 spiro atoms. The third kappa shape index (κ3) is 5.69. The summed E-state index contributed by atoms with van der Waals surface area (Å²) in [6.07, 6.45) is 2.01. The first-order valence-electron chi connectivity index (χ1n) is 12.4. The number of anilines is 1. The van der Waals surface area contributed by atoms with Gasteiger partial charge in [0.2, 0.25) is 0 Å². The number of amides is 2. The van der Waals surface area contributed by atoms with Gasteiger partial charge in [-0.25, -0.2) is 4.79 Å². The Balaban J connectivity index is 1.18. The summed E-state index contributed by atoms with van der Waals surface area (Å²) in [5, 5.41) is 7.19. The van der Waals surface area contributed by atoms with Gasteiger partial charge in [-0.05, 0) is 49.6 Å². The van der Waals surface area contributed by atoms with Gasteiger partial charge in [-0.1, -0.05) is 78.9 Å². The summed E-state index contributed by atoms with van der Waals surface area (Å²) < 4.78 is 0. The van der Waals surface area contributed by atoms with Gasteiger partial charge < -0.3 is 15.5 Å². The van der Waals surface area contributed by atoms with E-state index in [4.69, 9.17) is 0 Å². The van der Waals surface area contributed by atoms with Crippen LogP contribution in [0, 0.1) is 6.92 Å². The molecule has 1 atom stereocenters. The summed E-state index contributed by atoms with van der Waals surface area (Å²) in [5.41, 5.74) is 5.28.